The van der Waals surface area contributed by atoms with Gasteiger partial charge < -0.3 is 10.6 Å². The molecular formula is C25H20ClFN4O4. The first kappa shape index (κ1) is 23.9. The maximum absolute atomic E-state index is 13.4. The Morgan fingerprint density at radius 1 is 0.971 bits per heavy atom. The quantitative estimate of drug-likeness (QED) is 0.430. The third kappa shape index (κ3) is 4.99. The number of hydrogen-bond donors (Lipinski definition) is 2. The zero-order chi connectivity index (χ0) is 25.1. The number of fused-ring (bicyclic) bond motifs is 1. The van der Waals surface area contributed by atoms with Gasteiger partial charge in [0.1, 0.15) is 12.4 Å². The van der Waals surface area contributed by atoms with Crippen LogP contribution in [-0.2, 0) is 22.6 Å². The second-order valence-electron chi connectivity index (χ2n) is 7.72. The van der Waals surface area contributed by atoms with Gasteiger partial charge in [0, 0.05) is 12.7 Å². The summed E-state index contributed by atoms with van der Waals surface area (Å²) in [7, 11) is 1.54. The topological polar surface area (TPSA) is 102 Å². The fourth-order valence-corrected chi connectivity index (χ4v) is 3.84. The van der Waals surface area contributed by atoms with Crippen molar-refractivity contribution in [3.8, 4) is 5.69 Å². The van der Waals surface area contributed by atoms with Crippen LogP contribution >= 0.6 is 11.6 Å². The van der Waals surface area contributed by atoms with Crippen LogP contribution in [0, 0.1) is 5.82 Å². The number of nitrogens with one attached hydrogen (secondary N) is 2. The van der Waals surface area contributed by atoms with Crippen LogP contribution in [0.4, 0.5) is 10.1 Å². The van der Waals surface area contributed by atoms with E-state index in [1.165, 1.54) is 23.7 Å². The summed E-state index contributed by atoms with van der Waals surface area (Å²) in [6.45, 7) is -0.399. The molecule has 0 saturated carbocycles. The number of hydrogen-bond acceptors (Lipinski definition) is 4. The molecule has 8 nitrogen and oxygen atoms in total. The third-order valence-electron chi connectivity index (χ3n) is 5.39. The van der Waals surface area contributed by atoms with Crippen LogP contribution in [-0.4, -0.2) is 28.0 Å². The molecule has 0 saturated heterocycles. The number of aromatic nitrogens is 2. The van der Waals surface area contributed by atoms with Crippen LogP contribution in [0.15, 0.2) is 76.3 Å². The number of carbonyl (C=O) groups is 2. The van der Waals surface area contributed by atoms with E-state index in [4.69, 9.17) is 11.6 Å². The molecule has 1 aromatic heterocycles. The summed E-state index contributed by atoms with van der Waals surface area (Å²) in [5.74, 6) is -1.36. The molecule has 4 rings (SSSR count). The van der Waals surface area contributed by atoms with Gasteiger partial charge in [0.05, 0.1) is 28.0 Å². The lowest BCUT2D eigenvalue weighted by Crippen LogP contribution is -2.40. The van der Waals surface area contributed by atoms with Crippen molar-refractivity contribution >= 4 is 40.0 Å². The van der Waals surface area contributed by atoms with Gasteiger partial charge >= 0.3 is 5.69 Å². The molecule has 2 N–H and O–H groups in total. The molecule has 0 radical (unpaired) electrons. The van der Waals surface area contributed by atoms with Gasteiger partial charge in [-0.2, -0.15) is 0 Å². The van der Waals surface area contributed by atoms with Gasteiger partial charge in [0.25, 0.3) is 5.56 Å². The van der Waals surface area contributed by atoms with E-state index in [9.17, 15) is 23.6 Å². The predicted molar refractivity (Wildman–Crippen MR) is 132 cm³/mol. The number of carbonyl (C=O) groups excluding carboxylic acids is 2. The van der Waals surface area contributed by atoms with Crippen LogP contribution in [0.3, 0.4) is 0 Å². The lowest BCUT2D eigenvalue weighted by Gasteiger charge is -2.14. The van der Waals surface area contributed by atoms with Crippen molar-refractivity contribution in [3.63, 3.8) is 0 Å². The van der Waals surface area contributed by atoms with Crippen molar-refractivity contribution < 1.29 is 14.0 Å². The summed E-state index contributed by atoms with van der Waals surface area (Å²) < 4.78 is 15.6. The molecule has 0 unspecified atom stereocenters. The Morgan fingerprint density at radius 3 is 2.37 bits per heavy atom. The fraction of sp³-hybridized carbons (Fsp3) is 0.120. The number of anilines is 1. The molecule has 2 amide bonds. The highest BCUT2D eigenvalue weighted by Gasteiger charge is 2.17. The van der Waals surface area contributed by atoms with Gasteiger partial charge in [0.15, 0.2) is 0 Å². The summed E-state index contributed by atoms with van der Waals surface area (Å²) in [6, 6.07) is 16.6. The Bertz CT molecular complexity index is 1560. The van der Waals surface area contributed by atoms with E-state index in [1.54, 1.807) is 48.5 Å². The fourth-order valence-electron chi connectivity index (χ4n) is 3.66. The highest BCUT2D eigenvalue weighted by molar-refractivity contribution is 6.31. The number of para-hydroxylation sites is 1. The van der Waals surface area contributed by atoms with Gasteiger partial charge in [-0.05, 0) is 48.0 Å². The van der Waals surface area contributed by atoms with Crippen molar-refractivity contribution in [3.05, 3.63) is 104 Å². The van der Waals surface area contributed by atoms with Crippen LogP contribution in [0.1, 0.15) is 5.56 Å². The van der Waals surface area contributed by atoms with Gasteiger partial charge in [0.2, 0.25) is 11.8 Å². The Morgan fingerprint density at radius 2 is 1.69 bits per heavy atom. The third-order valence-corrected chi connectivity index (χ3v) is 5.68. The number of nitrogens with zero attached hydrogens (tertiary/aromatic N) is 2. The van der Waals surface area contributed by atoms with Crippen LogP contribution < -0.4 is 21.9 Å². The average molecular weight is 495 g/mol. The molecule has 0 atom stereocenters. The number of amides is 2. The number of halogens is 2. The average Bonchev–Trinajstić information content (AvgIpc) is 2.85. The molecule has 0 bridgehead atoms. The van der Waals surface area contributed by atoms with E-state index in [0.29, 0.717) is 16.8 Å². The molecule has 0 fully saturated rings. The summed E-state index contributed by atoms with van der Waals surface area (Å²) in [5.41, 5.74) is 0.318. The molecule has 0 aliphatic carbocycles. The minimum atomic E-state index is -0.708. The van der Waals surface area contributed by atoms with Gasteiger partial charge in [-0.1, -0.05) is 35.9 Å². The summed E-state index contributed by atoms with van der Waals surface area (Å²) in [4.78, 5) is 51.0. The molecule has 3 aromatic carbocycles. The Kier molecular flexibility index (Phi) is 6.79. The first-order chi connectivity index (χ1) is 16.8. The number of rotatable bonds is 6. The lowest BCUT2D eigenvalue weighted by molar-refractivity contribution is -0.120. The molecule has 10 heteroatoms. The monoisotopic (exact) mass is 494 g/mol. The second kappa shape index (κ2) is 9.94. The summed E-state index contributed by atoms with van der Waals surface area (Å²) >= 11 is 5.77. The zero-order valence-corrected chi connectivity index (χ0v) is 19.3. The van der Waals surface area contributed by atoms with E-state index in [0.717, 1.165) is 10.6 Å². The molecular weight excluding hydrogens is 475 g/mol. The Balaban J connectivity index is 1.74. The molecule has 0 aliphatic heterocycles. The van der Waals surface area contributed by atoms with Gasteiger partial charge in [-0.3, -0.25) is 19.0 Å². The van der Waals surface area contributed by atoms with Crippen molar-refractivity contribution in [2.75, 3.05) is 12.4 Å². The second-order valence-corrected chi connectivity index (χ2v) is 8.13. The maximum Gasteiger partial charge on any atom is 0.336 e. The first-order valence-electron chi connectivity index (χ1n) is 10.6. The Hall–Kier alpha value is -4.24. The van der Waals surface area contributed by atoms with Crippen LogP contribution in [0.5, 0.6) is 0 Å². The minimum absolute atomic E-state index is 0.154. The number of likely N-dealkylation sites (N-methyl/N-ethyl adjacent to an activating group) is 1. The van der Waals surface area contributed by atoms with Crippen molar-refractivity contribution in [2.24, 2.45) is 0 Å². The molecule has 4 aromatic rings. The Labute approximate surface area is 203 Å². The van der Waals surface area contributed by atoms with Crippen molar-refractivity contribution in [2.45, 2.75) is 13.0 Å². The minimum Gasteiger partial charge on any atom is -0.359 e. The van der Waals surface area contributed by atoms with Crippen LogP contribution in [0.2, 0.25) is 5.02 Å². The molecule has 0 aliphatic rings. The predicted octanol–water partition coefficient (Wildman–Crippen LogP) is 2.87. The largest absolute Gasteiger partial charge is 0.359 e. The smallest absolute Gasteiger partial charge is 0.336 e. The molecule has 35 heavy (non-hydrogen) atoms. The van der Waals surface area contributed by atoms with Crippen molar-refractivity contribution in [1.82, 2.24) is 14.5 Å². The van der Waals surface area contributed by atoms with E-state index in [2.05, 4.69) is 10.6 Å². The maximum atomic E-state index is 13.4. The molecule has 178 valence electrons. The summed E-state index contributed by atoms with van der Waals surface area (Å²) in [6.07, 6.45) is 0.154. The summed E-state index contributed by atoms with van der Waals surface area (Å²) in [5, 5.41) is 5.21. The van der Waals surface area contributed by atoms with Crippen molar-refractivity contribution in [1.29, 1.82) is 0 Å². The number of benzene rings is 3. The van der Waals surface area contributed by atoms with E-state index in [-0.39, 0.29) is 28.4 Å². The zero-order valence-electron chi connectivity index (χ0n) is 18.5. The van der Waals surface area contributed by atoms with Crippen LogP contribution in [0.25, 0.3) is 16.6 Å². The van der Waals surface area contributed by atoms with Gasteiger partial charge in [-0.15, -0.1) is 0 Å². The van der Waals surface area contributed by atoms with Gasteiger partial charge in [-0.25, -0.2) is 13.8 Å². The van der Waals surface area contributed by atoms with E-state index in [1.807, 2.05) is 0 Å². The highest BCUT2D eigenvalue weighted by Crippen LogP contribution is 2.19. The highest BCUT2D eigenvalue weighted by atomic mass is 35.5. The van der Waals surface area contributed by atoms with E-state index >= 15 is 0 Å². The SMILES string of the molecule is CNC(=O)Cc1ccc(-n2c(=O)c3ccccc3n(CC(=O)Nc3ccc(F)c(Cl)c3)c2=O)cc1. The first-order valence-corrected chi connectivity index (χ1v) is 11.0. The normalized spacial score (nSPS) is 10.8. The molecule has 0 spiro atoms. The van der Waals surface area contributed by atoms with E-state index < -0.39 is 29.5 Å². The standard InChI is InChI=1S/C25H20ClFN4O4/c1-28-22(32)12-15-6-9-17(10-7-15)31-24(34)18-4-2-3-5-21(18)30(25(31)35)14-23(33)29-16-8-11-20(27)19(26)13-16/h2-11,13H,12,14H2,1H3,(H,28,32)(H,29,33). The molecule has 1 heterocycles. The lowest BCUT2D eigenvalue weighted by atomic mass is 10.1.